The predicted octanol–water partition coefficient (Wildman–Crippen LogP) is 3.91. The number of nitrogen functional groups attached to an aromatic ring is 1. The fourth-order valence-electron chi connectivity index (χ4n) is 2.19. The Morgan fingerprint density at radius 2 is 1.75 bits per heavy atom. The van der Waals surface area contributed by atoms with Crippen LogP contribution in [0.15, 0.2) is 60.8 Å². The molecule has 0 radical (unpaired) electrons. The Morgan fingerprint density at radius 3 is 2.42 bits per heavy atom. The molecule has 2 aromatic carbocycles. The third-order valence-electron chi connectivity index (χ3n) is 3.35. The molecule has 1 aromatic heterocycles. The van der Waals surface area contributed by atoms with Crippen molar-refractivity contribution in [2.45, 2.75) is 6.18 Å². The van der Waals surface area contributed by atoms with E-state index >= 15 is 0 Å². The molecular formula is C17H14F3N4+. The first kappa shape index (κ1) is 15.8. The molecule has 0 aliphatic carbocycles. The van der Waals surface area contributed by atoms with Gasteiger partial charge < -0.3 is 5.73 Å². The minimum Gasteiger partial charge on any atom is -0.399 e. The zero-order valence-corrected chi connectivity index (χ0v) is 12.4. The summed E-state index contributed by atoms with van der Waals surface area (Å²) in [5.41, 5.74) is 7.73. The van der Waals surface area contributed by atoms with E-state index in [0.717, 1.165) is 17.7 Å². The minimum absolute atomic E-state index is 0.412. The molecule has 0 saturated carbocycles. The molecule has 7 heteroatoms. The molecule has 24 heavy (non-hydrogen) atoms. The maximum atomic E-state index is 12.6. The van der Waals surface area contributed by atoms with E-state index in [1.165, 1.54) is 12.1 Å². The molecule has 4 N–H and O–H groups in total. The lowest BCUT2D eigenvalue weighted by Gasteiger charge is -2.06. The summed E-state index contributed by atoms with van der Waals surface area (Å²) in [5, 5.41) is 2.94. The number of nitrogens with two attached hydrogens (primary N) is 1. The summed E-state index contributed by atoms with van der Waals surface area (Å²) in [6.45, 7) is 0. The van der Waals surface area contributed by atoms with Gasteiger partial charge in [0, 0.05) is 17.3 Å². The highest BCUT2D eigenvalue weighted by Crippen LogP contribution is 2.30. The highest BCUT2D eigenvalue weighted by Gasteiger charge is 2.30. The molecule has 0 saturated heterocycles. The van der Waals surface area contributed by atoms with Gasteiger partial charge in [0.15, 0.2) is 5.69 Å². The second kappa shape index (κ2) is 6.19. The molecular weight excluding hydrogens is 317 g/mol. The summed E-state index contributed by atoms with van der Waals surface area (Å²) < 4.78 is 37.7. The molecule has 0 atom stereocenters. The predicted molar refractivity (Wildman–Crippen MR) is 85.4 cm³/mol. The van der Waals surface area contributed by atoms with Crippen molar-refractivity contribution >= 4 is 17.3 Å². The zero-order chi connectivity index (χ0) is 17.2. The van der Waals surface area contributed by atoms with Crippen molar-refractivity contribution in [3.8, 4) is 11.3 Å². The number of hydrogen-bond acceptors (Lipinski definition) is 3. The maximum absolute atomic E-state index is 12.6. The molecule has 0 unspecified atom stereocenters. The van der Waals surface area contributed by atoms with Gasteiger partial charge in [0.2, 0.25) is 0 Å². The smallest absolute Gasteiger partial charge is 0.399 e. The number of alkyl halides is 3. The number of H-pyrrole nitrogens is 1. The Bertz CT molecular complexity index is 845. The summed E-state index contributed by atoms with van der Waals surface area (Å²) in [6.07, 6.45) is -2.66. The summed E-state index contributed by atoms with van der Waals surface area (Å²) >= 11 is 0. The Hall–Kier alpha value is -3.09. The van der Waals surface area contributed by atoms with Crippen LogP contribution in [0.1, 0.15) is 5.56 Å². The van der Waals surface area contributed by atoms with Gasteiger partial charge in [-0.25, -0.2) is 10.3 Å². The van der Waals surface area contributed by atoms with Crippen LogP contribution in [0.25, 0.3) is 11.3 Å². The van der Waals surface area contributed by atoms with E-state index in [4.69, 9.17) is 5.73 Å². The monoisotopic (exact) mass is 331 g/mol. The number of benzene rings is 2. The first-order chi connectivity index (χ1) is 11.4. The Balaban J connectivity index is 1.82. The van der Waals surface area contributed by atoms with Gasteiger partial charge in [-0.15, -0.1) is 0 Å². The van der Waals surface area contributed by atoms with Gasteiger partial charge >= 0.3 is 12.1 Å². The maximum Gasteiger partial charge on any atom is 0.416 e. The Morgan fingerprint density at radius 1 is 1.00 bits per heavy atom. The molecule has 3 rings (SSSR count). The highest BCUT2D eigenvalue weighted by molar-refractivity contribution is 5.64. The second-order valence-corrected chi connectivity index (χ2v) is 5.15. The van der Waals surface area contributed by atoms with Gasteiger partial charge in [-0.05, 0) is 36.4 Å². The number of aromatic nitrogens is 2. The molecule has 0 amide bonds. The topological polar surface area (TPSA) is 65.1 Å². The first-order valence-electron chi connectivity index (χ1n) is 7.11. The summed E-state index contributed by atoms with van der Waals surface area (Å²) in [7, 11) is 0. The minimum atomic E-state index is -4.35. The lowest BCUT2D eigenvalue weighted by Crippen LogP contribution is -2.12. The SMILES string of the molecule is Nc1cccc(-c2cc[nH+]c(Nc3ccc(C(F)(F)F)cc3)n2)c1. The Kier molecular flexibility index (Phi) is 4.07. The van der Waals surface area contributed by atoms with Gasteiger partial charge in [-0.3, -0.25) is 0 Å². The molecule has 0 spiro atoms. The number of nitrogens with zero attached hydrogens (tertiary/aromatic N) is 1. The van der Waals surface area contributed by atoms with Crippen molar-refractivity contribution in [3.05, 3.63) is 66.4 Å². The van der Waals surface area contributed by atoms with Gasteiger partial charge in [0.1, 0.15) is 0 Å². The average molecular weight is 331 g/mol. The molecule has 0 aliphatic rings. The van der Waals surface area contributed by atoms with E-state index in [0.29, 0.717) is 23.0 Å². The van der Waals surface area contributed by atoms with E-state index < -0.39 is 11.7 Å². The van der Waals surface area contributed by atoms with Crippen LogP contribution in [0.4, 0.5) is 30.5 Å². The molecule has 3 aromatic rings. The number of anilines is 3. The number of aromatic amines is 1. The molecule has 0 bridgehead atoms. The normalized spacial score (nSPS) is 11.3. The van der Waals surface area contributed by atoms with Crippen LogP contribution < -0.4 is 16.0 Å². The second-order valence-electron chi connectivity index (χ2n) is 5.15. The molecule has 1 heterocycles. The van der Waals surface area contributed by atoms with Crippen LogP contribution in [0, 0.1) is 0 Å². The van der Waals surface area contributed by atoms with Crippen LogP contribution >= 0.6 is 0 Å². The summed E-state index contributed by atoms with van der Waals surface area (Å²) in [5.74, 6) is 0.412. The van der Waals surface area contributed by atoms with E-state index in [-0.39, 0.29) is 0 Å². The van der Waals surface area contributed by atoms with Crippen molar-refractivity contribution in [3.63, 3.8) is 0 Å². The van der Waals surface area contributed by atoms with Gasteiger partial charge in [-0.2, -0.15) is 13.2 Å². The number of hydrogen-bond donors (Lipinski definition) is 2. The lowest BCUT2D eigenvalue weighted by atomic mass is 10.1. The van der Waals surface area contributed by atoms with E-state index in [2.05, 4.69) is 15.3 Å². The van der Waals surface area contributed by atoms with Crippen LogP contribution in [-0.2, 0) is 6.18 Å². The molecule has 0 fully saturated rings. The van der Waals surface area contributed by atoms with Crippen LogP contribution in [0.5, 0.6) is 0 Å². The summed E-state index contributed by atoms with van der Waals surface area (Å²) in [6, 6.07) is 13.8. The number of halogens is 3. The third-order valence-corrected chi connectivity index (χ3v) is 3.35. The molecule has 0 aliphatic heterocycles. The third kappa shape index (κ3) is 3.62. The van der Waals surface area contributed by atoms with Crippen molar-refractivity contribution in [2.24, 2.45) is 0 Å². The fourth-order valence-corrected chi connectivity index (χ4v) is 2.19. The van der Waals surface area contributed by atoms with E-state index in [9.17, 15) is 13.2 Å². The number of rotatable bonds is 3. The fraction of sp³-hybridized carbons (Fsp3) is 0.0588. The first-order valence-corrected chi connectivity index (χ1v) is 7.11. The van der Waals surface area contributed by atoms with Crippen LogP contribution in [-0.4, -0.2) is 4.98 Å². The van der Waals surface area contributed by atoms with Crippen LogP contribution in [0.2, 0.25) is 0 Å². The van der Waals surface area contributed by atoms with Crippen molar-refractivity contribution in [2.75, 3.05) is 11.1 Å². The lowest BCUT2D eigenvalue weighted by molar-refractivity contribution is -0.364. The molecule has 122 valence electrons. The number of nitrogens with one attached hydrogen (secondary N) is 2. The van der Waals surface area contributed by atoms with Gasteiger partial charge in [0.05, 0.1) is 17.4 Å². The zero-order valence-electron chi connectivity index (χ0n) is 12.4. The van der Waals surface area contributed by atoms with Crippen LogP contribution in [0.3, 0.4) is 0 Å². The van der Waals surface area contributed by atoms with E-state index in [1.54, 1.807) is 24.4 Å². The highest BCUT2D eigenvalue weighted by atomic mass is 19.4. The van der Waals surface area contributed by atoms with Gasteiger partial charge in [0.25, 0.3) is 0 Å². The van der Waals surface area contributed by atoms with Crippen molar-refractivity contribution in [1.29, 1.82) is 0 Å². The quantitative estimate of drug-likeness (QED) is 0.715. The van der Waals surface area contributed by atoms with Crippen molar-refractivity contribution in [1.82, 2.24) is 4.98 Å². The average Bonchev–Trinajstić information content (AvgIpc) is 2.55. The van der Waals surface area contributed by atoms with Gasteiger partial charge in [-0.1, -0.05) is 17.1 Å². The largest absolute Gasteiger partial charge is 0.416 e. The molecule has 4 nitrogen and oxygen atoms in total. The summed E-state index contributed by atoms with van der Waals surface area (Å²) in [4.78, 5) is 7.32. The standard InChI is InChI=1S/C17H13F3N4/c18-17(19,20)12-4-6-14(7-5-12)23-16-22-9-8-15(24-16)11-2-1-3-13(21)10-11/h1-10H,21H2,(H,22,23,24)/p+1. The Labute approximate surface area is 136 Å². The van der Waals surface area contributed by atoms with Crippen molar-refractivity contribution < 1.29 is 18.2 Å². The van der Waals surface area contributed by atoms with E-state index in [1.807, 2.05) is 12.1 Å².